The van der Waals surface area contributed by atoms with Crippen LogP contribution in [0.15, 0.2) is 59.8 Å². The second kappa shape index (κ2) is 6.89. The molecule has 3 nitrogen and oxygen atoms in total. The third-order valence-electron chi connectivity index (χ3n) is 5.77. The zero-order valence-electron chi connectivity index (χ0n) is 16.5. The van der Waals surface area contributed by atoms with Crippen LogP contribution in [-0.4, -0.2) is 11.7 Å². The van der Waals surface area contributed by atoms with Crippen molar-refractivity contribution in [2.75, 3.05) is 4.90 Å². The van der Waals surface area contributed by atoms with Crippen LogP contribution < -0.4 is 4.90 Å². The van der Waals surface area contributed by atoms with Crippen LogP contribution in [-0.2, 0) is 9.59 Å². The van der Waals surface area contributed by atoms with Gasteiger partial charge in [0.15, 0.2) is 5.78 Å². The minimum absolute atomic E-state index is 0.0403. The SMILES string of the molecule is Cc1ccccc1N1C(=O)CC(c2ccc(Cl)cc2)C2=C1CC(C)(C)CC2=O. The van der Waals surface area contributed by atoms with Crippen molar-refractivity contribution in [3.8, 4) is 0 Å². The molecule has 4 heteroatoms. The molecule has 0 fully saturated rings. The fraction of sp³-hybridized carbons (Fsp3) is 0.333. The van der Waals surface area contributed by atoms with Crippen molar-refractivity contribution in [2.45, 2.75) is 46.0 Å². The Morgan fingerprint density at radius 2 is 1.68 bits per heavy atom. The van der Waals surface area contributed by atoms with Gasteiger partial charge in [0.1, 0.15) is 0 Å². The summed E-state index contributed by atoms with van der Waals surface area (Å²) in [5.74, 6) is -0.0144. The lowest BCUT2D eigenvalue weighted by molar-refractivity contribution is -0.121. The van der Waals surface area contributed by atoms with Crippen molar-refractivity contribution in [3.05, 3.63) is 76.0 Å². The number of hydrogen-bond acceptors (Lipinski definition) is 2. The molecule has 1 atom stereocenters. The van der Waals surface area contributed by atoms with Crippen LogP contribution in [0.2, 0.25) is 5.02 Å². The molecule has 1 aliphatic heterocycles. The summed E-state index contributed by atoms with van der Waals surface area (Å²) in [4.78, 5) is 28.4. The van der Waals surface area contributed by atoms with E-state index in [-0.39, 0.29) is 23.0 Å². The van der Waals surface area contributed by atoms with Crippen molar-refractivity contribution >= 4 is 29.0 Å². The fourth-order valence-corrected chi connectivity index (χ4v) is 4.61. The summed E-state index contributed by atoms with van der Waals surface area (Å²) in [6.45, 7) is 6.20. The van der Waals surface area contributed by atoms with E-state index in [2.05, 4.69) is 13.8 Å². The minimum atomic E-state index is -0.205. The van der Waals surface area contributed by atoms with Gasteiger partial charge in [-0.2, -0.15) is 0 Å². The number of para-hydroxylation sites is 1. The summed E-state index contributed by atoms with van der Waals surface area (Å²) in [5, 5.41) is 0.651. The highest BCUT2D eigenvalue weighted by Gasteiger charge is 2.44. The maximum absolute atomic E-state index is 13.3. The predicted octanol–water partition coefficient (Wildman–Crippen LogP) is 5.81. The van der Waals surface area contributed by atoms with Crippen LogP contribution >= 0.6 is 11.6 Å². The van der Waals surface area contributed by atoms with Gasteiger partial charge in [0.25, 0.3) is 0 Å². The first-order valence-electron chi connectivity index (χ1n) is 9.67. The molecule has 0 aromatic heterocycles. The number of ketones is 1. The zero-order valence-corrected chi connectivity index (χ0v) is 17.2. The molecule has 0 saturated carbocycles. The van der Waals surface area contributed by atoms with Gasteiger partial charge < -0.3 is 0 Å². The molecule has 2 aliphatic rings. The van der Waals surface area contributed by atoms with Crippen molar-refractivity contribution < 1.29 is 9.59 Å². The number of rotatable bonds is 2. The third-order valence-corrected chi connectivity index (χ3v) is 6.02. The summed E-state index contributed by atoms with van der Waals surface area (Å²) >= 11 is 6.05. The maximum Gasteiger partial charge on any atom is 0.232 e. The molecular weight excluding hydrogens is 370 g/mol. The van der Waals surface area contributed by atoms with E-state index < -0.39 is 0 Å². The molecule has 0 bridgehead atoms. The number of allylic oxidation sites excluding steroid dienone is 2. The quantitative estimate of drug-likeness (QED) is 0.645. The Bertz CT molecular complexity index is 988. The van der Waals surface area contributed by atoms with Crippen LogP contribution in [0, 0.1) is 12.3 Å². The molecule has 28 heavy (non-hydrogen) atoms. The van der Waals surface area contributed by atoms with Crippen molar-refractivity contribution in [3.63, 3.8) is 0 Å². The topological polar surface area (TPSA) is 37.4 Å². The Morgan fingerprint density at radius 3 is 2.36 bits per heavy atom. The Balaban J connectivity index is 1.91. The number of hydrogen-bond donors (Lipinski definition) is 0. The van der Waals surface area contributed by atoms with Gasteiger partial charge in [0, 0.05) is 35.1 Å². The normalized spacial score (nSPS) is 21.7. The highest BCUT2D eigenvalue weighted by molar-refractivity contribution is 6.30. The standard InChI is InChI=1S/C24H24ClNO2/c1-15-6-4-5-7-19(15)26-20-13-24(2,3)14-21(27)23(20)18(12-22(26)28)16-8-10-17(25)11-9-16/h4-11,18H,12-14H2,1-3H3. The first-order valence-corrected chi connectivity index (χ1v) is 10.0. The smallest absolute Gasteiger partial charge is 0.232 e. The molecule has 0 spiro atoms. The molecule has 1 aliphatic carbocycles. The summed E-state index contributed by atoms with van der Waals surface area (Å²) in [6.07, 6.45) is 1.50. The van der Waals surface area contributed by atoms with Crippen molar-refractivity contribution in [1.29, 1.82) is 0 Å². The Hall–Kier alpha value is -2.39. The Morgan fingerprint density at radius 1 is 1.00 bits per heavy atom. The molecule has 0 saturated heterocycles. The number of carbonyl (C=O) groups is 2. The zero-order chi connectivity index (χ0) is 20.1. The molecule has 2 aromatic rings. The number of anilines is 1. The van der Waals surface area contributed by atoms with Gasteiger partial charge >= 0.3 is 0 Å². The van der Waals surface area contributed by atoms with Gasteiger partial charge in [-0.3, -0.25) is 14.5 Å². The summed E-state index contributed by atoms with van der Waals surface area (Å²) in [5.41, 5.74) is 4.38. The van der Waals surface area contributed by atoms with Gasteiger partial charge in [-0.1, -0.05) is 55.8 Å². The Labute approximate surface area is 171 Å². The highest BCUT2D eigenvalue weighted by Crippen LogP contribution is 2.48. The maximum atomic E-state index is 13.3. The minimum Gasteiger partial charge on any atom is -0.294 e. The first-order chi connectivity index (χ1) is 13.3. The third kappa shape index (κ3) is 3.29. The molecule has 2 aromatic carbocycles. The predicted molar refractivity (Wildman–Crippen MR) is 113 cm³/mol. The van der Waals surface area contributed by atoms with E-state index >= 15 is 0 Å². The number of aryl methyl sites for hydroxylation is 1. The fourth-order valence-electron chi connectivity index (χ4n) is 4.49. The van der Waals surface area contributed by atoms with Crippen molar-refractivity contribution in [2.24, 2.45) is 5.41 Å². The van der Waals surface area contributed by atoms with Gasteiger partial charge in [0.2, 0.25) is 5.91 Å². The number of benzene rings is 2. The van der Waals surface area contributed by atoms with Gasteiger partial charge in [-0.25, -0.2) is 0 Å². The summed E-state index contributed by atoms with van der Waals surface area (Å²) in [6, 6.07) is 15.4. The average Bonchev–Trinajstić information content (AvgIpc) is 2.62. The van der Waals surface area contributed by atoms with E-state index in [0.717, 1.165) is 28.1 Å². The monoisotopic (exact) mass is 393 g/mol. The molecule has 0 N–H and O–H groups in total. The summed E-state index contributed by atoms with van der Waals surface area (Å²) < 4.78 is 0. The van der Waals surface area contributed by atoms with Crippen LogP contribution in [0.5, 0.6) is 0 Å². The molecule has 1 amide bonds. The highest BCUT2D eigenvalue weighted by atomic mass is 35.5. The van der Waals surface area contributed by atoms with Gasteiger partial charge in [-0.15, -0.1) is 0 Å². The van der Waals surface area contributed by atoms with E-state index in [9.17, 15) is 9.59 Å². The molecular formula is C24H24ClNO2. The lowest BCUT2D eigenvalue weighted by Gasteiger charge is -2.43. The second-order valence-electron chi connectivity index (χ2n) is 8.63. The van der Waals surface area contributed by atoms with E-state index in [4.69, 9.17) is 11.6 Å². The molecule has 1 heterocycles. The number of nitrogens with zero attached hydrogens (tertiary/aromatic N) is 1. The molecule has 1 unspecified atom stereocenters. The summed E-state index contributed by atoms with van der Waals surface area (Å²) in [7, 11) is 0. The molecule has 0 radical (unpaired) electrons. The molecule has 144 valence electrons. The Kier molecular flexibility index (Phi) is 4.67. The lowest BCUT2D eigenvalue weighted by Crippen LogP contribution is -2.44. The van der Waals surface area contributed by atoms with Crippen LogP contribution in [0.3, 0.4) is 0 Å². The van der Waals surface area contributed by atoms with Crippen LogP contribution in [0.25, 0.3) is 0 Å². The van der Waals surface area contributed by atoms with Crippen LogP contribution in [0.4, 0.5) is 5.69 Å². The number of Topliss-reactive ketones (excluding diaryl/α,β-unsaturated/α-hetero) is 1. The van der Waals surface area contributed by atoms with Gasteiger partial charge in [0.05, 0.1) is 5.69 Å². The number of carbonyl (C=O) groups excluding carboxylic acids is 2. The van der Waals surface area contributed by atoms with E-state index in [1.54, 1.807) is 4.90 Å². The largest absolute Gasteiger partial charge is 0.294 e. The number of halogens is 1. The average molecular weight is 394 g/mol. The molecule has 4 rings (SSSR count). The van der Waals surface area contributed by atoms with E-state index in [1.165, 1.54) is 0 Å². The van der Waals surface area contributed by atoms with Crippen LogP contribution in [0.1, 0.15) is 50.2 Å². The van der Waals surface area contributed by atoms with E-state index in [0.29, 0.717) is 24.3 Å². The first kappa shape index (κ1) is 18.9. The van der Waals surface area contributed by atoms with Gasteiger partial charge in [-0.05, 0) is 48.1 Å². The number of amides is 1. The lowest BCUT2D eigenvalue weighted by atomic mass is 9.69. The van der Waals surface area contributed by atoms with E-state index in [1.807, 2.05) is 55.5 Å². The second-order valence-corrected chi connectivity index (χ2v) is 9.06. The van der Waals surface area contributed by atoms with Crippen molar-refractivity contribution in [1.82, 2.24) is 0 Å².